The predicted octanol–water partition coefficient (Wildman–Crippen LogP) is 2.56. The van der Waals surface area contributed by atoms with E-state index in [1.54, 1.807) is 12.3 Å². The summed E-state index contributed by atoms with van der Waals surface area (Å²) in [5.41, 5.74) is 3.11. The van der Waals surface area contributed by atoms with Crippen molar-refractivity contribution in [1.29, 1.82) is 0 Å². The second kappa shape index (κ2) is 6.40. The molecule has 3 rings (SSSR count). The van der Waals surface area contributed by atoms with Gasteiger partial charge in [0.25, 0.3) is 0 Å². The molecular weight excluding hydrogens is 328 g/mol. The molecule has 0 spiro atoms. The molecule has 1 aliphatic rings. The molecule has 0 saturated carbocycles. The summed E-state index contributed by atoms with van der Waals surface area (Å²) >= 11 is 1.16. The highest BCUT2D eigenvalue weighted by Gasteiger charge is 2.38. The number of nitrogens with one attached hydrogen (secondary N) is 1. The van der Waals surface area contributed by atoms with Gasteiger partial charge in [-0.15, -0.1) is 5.10 Å². The SMILES string of the molecule is COC(=O)C1=C(C)N(c2ccc(C)cc2)C(=O)NC1c1csnn1. The Hall–Kier alpha value is -2.74. The van der Waals surface area contributed by atoms with Crippen LogP contribution in [0.25, 0.3) is 0 Å². The highest BCUT2D eigenvalue weighted by Crippen LogP contribution is 2.33. The van der Waals surface area contributed by atoms with Crippen LogP contribution in [-0.4, -0.2) is 28.7 Å². The molecule has 1 N–H and O–H groups in total. The second-order valence-corrected chi connectivity index (χ2v) is 5.98. The van der Waals surface area contributed by atoms with Crippen LogP contribution >= 0.6 is 11.5 Å². The van der Waals surface area contributed by atoms with Crippen molar-refractivity contribution in [1.82, 2.24) is 14.9 Å². The van der Waals surface area contributed by atoms with Gasteiger partial charge in [0.05, 0.1) is 18.4 Å². The van der Waals surface area contributed by atoms with Crippen molar-refractivity contribution in [2.24, 2.45) is 0 Å². The number of rotatable bonds is 3. The fraction of sp³-hybridized carbons (Fsp3) is 0.250. The van der Waals surface area contributed by atoms with Gasteiger partial charge in [-0.25, -0.2) is 9.59 Å². The number of nitrogens with zero attached hydrogens (tertiary/aromatic N) is 3. The quantitative estimate of drug-likeness (QED) is 0.865. The van der Waals surface area contributed by atoms with Gasteiger partial charge in [0.2, 0.25) is 0 Å². The first kappa shape index (κ1) is 16.1. The minimum Gasteiger partial charge on any atom is -0.466 e. The number of allylic oxidation sites excluding steroid dienone is 1. The van der Waals surface area contributed by atoms with Crippen molar-refractivity contribution >= 4 is 29.2 Å². The number of aryl methyl sites for hydroxylation is 1. The number of amides is 2. The monoisotopic (exact) mass is 344 g/mol. The van der Waals surface area contributed by atoms with Crippen LogP contribution in [0.1, 0.15) is 24.2 Å². The Morgan fingerprint density at radius 1 is 1.29 bits per heavy atom. The molecule has 1 aromatic carbocycles. The Morgan fingerprint density at radius 2 is 2.00 bits per heavy atom. The van der Waals surface area contributed by atoms with Crippen molar-refractivity contribution in [2.45, 2.75) is 19.9 Å². The largest absolute Gasteiger partial charge is 0.466 e. The highest BCUT2D eigenvalue weighted by atomic mass is 32.1. The third-order valence-electron chi connectivity index (χ3n) is 3.85. The maximum Gasteiger partial charge on any atom is 0.338 e. The van der Waals surface area contributed by atoms with Crippen LogP contribution in [0.3, 0.4) is 0 Å². The molecular formula is C16H16N4O3S. The number of ether oxygens (including phenoxy) is 1. The lowest BCUT2D eigenvalue weighted by atomic mass is 9.99. The number of carbonyl (C=O) groups excluding carboxylic acids is 2. The van der Waals surface area contributed by atoms with Gasteiger partial charge in [-0.3, -0.25) is 4.90 Å². The summed E-state index contributed by atoms with van der Waals surface area (Å²) in [5, 5.41) is 8.49. The number of hydrogen-bond donors (Lipinski definition) is 1. The number of carbonyl (C=O) groups is 2. The molecule has 0 bridgehead atoms. The predicted molar refractivity (Wildman–Crippen MR) is 89.6 cm³/mol. The molecule has 1 aliphatic heterocycles. The van der Waals surface area contributed by atoms with Crippen molar-refractivity contribution < 1.29 is 14.3 Å². The molecule has 2 heterocycles. The van der Waals surface area contributed by atoms with Crippen molar-refractivity contribution in [3.8, 4) is 0 Å². The topological polar surface area (TPSA) is 84.4 Å². The van der Waals surface area contributed by atoms with E-state index >= 15 is 0 Å². The van der Waals surface area contributed by atoms with Crippen molar-refractivity contribution in [2.75, 3.05) is 12.0 Å². The van der Waals surface area contributed by atoms with Crippen LogP contribution in [0.15, 0.2) is 40.9 Å². The Bertz CT molecular complexity index is 799. The van der Waals surface area contributed by atoms with Crippen LogP contribution in [0, 0.1) is 6.92 Å². The minimum absolute atomic E-state index is 0.331. The molecule has 0 radical (unpaired) electrons. The zero-order valence-corrected chi connectivity index (χ0v) is 14.3. The van der Waals surface area contributed by atoms with Gasteiger partial charge in [-0.1, -0.05) is 22.2 Å². The van der Waals surface area contributed by atoms with E-state index in [0.717, 1.165) is 17.1 Å². The number of benzene rings is 1. The lowest BCUT2D eigenvalue weighted by molar-refractivity contribution is -0.136. The van der Waals surface area contributed by atoms with Crippen molar-refractivity contribution in [3.63, 3.8) is 0 Å². The van der Waals surface area contributed by atoms with E-state index in [4.69, 9.17) is 4.74 Å². The fourth-order valence-electron chi connectivity index (χ4n) is 2.64. The number of aromatic nitrogens is 2. The molecule has 0 fully saturated rings. The van der Waals surface area contributed by atoms with E-state index in [2.05, 4.69) is 14.9 Å². The van der Waals surface area contributed by atoms with Crippen molar-refractivity contribution in [3.05, 3.63) is 52.2 Å². The normalized spacial score (nSPS) is 17.7. The van der Waals surface area contributed by atoms with Gasteiger partial charge in [0.15, 0.2) is 0 Å². The molecule has 24 heavy (non-hydrogen) atoms. The number of anilines is 1. The standard InChI is InChI=1S/C16H16N4O3S/c1-9-4-6-11(7-5-9)20-10(2)13(15(21)23-3)14(17-16(20)22)12-8-24-19-18-12/h4-8,14H,1-3H3,(H,17,22). The van der Waals surface area contributed by atoms with E-state index < -0.39 is 12.0 Å². The van der Waals surface area contributed by atoms with Crippen LogP contribution < -0.4 is 10.2 Å². The molecule has 1 aromatic heterocycles. The van der Waals surface area contributed by atoms with Crippen LogP contribution in [0.5, 0.6) is 0 Å². The summed E-state index contributed by atoms with van der Waals surface area (Å²) in [6.07, 6.45) is 0. The average Bonchev–Trinajstić information content (AvgIpc) is 3.10. The Labute approximate surface area is 143 Å². The summed E-state index contributed by atoms with van der Waals surface area (Å²) in [6, 6.07) is 6.47. The summed E-state index contributed by atoms with van der Waals surface area (Å²) in [6.45, 7) is 3.69. The minimum atomic E-state index is -0.676. The zero-order chi connectivity index (χ0) is 17.3. The van der Waals surface area contributed by atoms with Crippen LogP contribution in [0.4, 0.5) is 10.5 Å². The van der Waals surface area contributed by atoms with E-state index in [1.165, 1.54) is 12.0 Å². The Morgan fingerprint density at radius 3 is 2.58 bits per heavy atom. The first-order chi connectivity index (χ1) is 11.5. The molecule has 0 saturated heterocycles. The number of methoxy groups -OCH3 is 1. The number of urea groups is 1. The lowest BCUT2D eigenvalue weighted by Gasteiger charge is -2.34. The van der Waals surface area contributed by atoms with Gasteiger partial charge >= 0.3 is 12.0 Å². The summed E-state index contributed by atoms with van der Waals surface area (Å²) in [5.74, 6) is -0.511. The second-order valence-electron chi connectivity index (χ2n) is 5.37. The first-order valence-corrected chi connectivity index (χ1v) is 8.10. The molecule has 1 unspecified atom stereocenters. The third-order valence-corrected chi connectivity index (χ3v) is 4.38. The van der Waals surface area contributed by atoms with E-state index in [-0.39, 0.29) is 6.03 Å². The van der Waals surface area contributed by atoms with Gasteiger partial charge in [0, 0.05) is 11.1 Å². The molecule has 7 nitrogen and oxygen atoms in total. The molecule has 1 atom stereocenters. The molecule has 0 aliphatic carbocycles. The Kier molecular flexibility index (Phi) is 4.30. The van der Waals surface area contributed by atoms with Gasteiger partial charge in [-0.05, 0) is 37.5 Å². The van der Waals surface area contributed by atoms with Gasteiger partial charge in [-0.2, -0.15) is 0 Å². The third kappa shape index (κ3) is 2.76. The lowest BCUT2D eigenvalue weighted by Crippen LogP contribution is -2.48. The highest BCUT2D eigenvalue weighted by molar-refractivity contribution is 7.03. The molecule has 124 valence electrons. The van der Waals surface area contributed by atoms with Gasteiger partial charge < -0.3 is 10.1 Å². The van der Waals surface area contributed by atoms with E-state index in [0.29, 0.717) is 22.7 Å². The number of hydrogen-bond acceptors (Lipinski definition) is 6. The van der Waals surface area contributed by atoms with Crippen LogP contribution in [-0.2, 0) is 9.53 Å². The van der Waals surface area contributed by atoms with E-state index in [9.17, 15) is 9.59 Å². The number of esters is 1. The summed E-state index contributed by atoms with van der Waals surface area (Å²) < 4.78 is 8.71. The zero-order valence-electron chi connectivity index (χ0n) is 13.4. The van der Waals surface area contributed by atoms with E-state index in [1.807, 2.05) is 31.2 Å². The first-order valence-electron chi connectivity index (χ1n) is 7.26. The Balaban J connectivity index is 2.12. The summed E-state index contributed by atoms with van der Waals surface area (Å²) in [7, 11) is 1.31. The average molecular weight is 344 g/mol. The maximum absolute atomic E-state index is 12.6. The van der Waals surface area contributed by atoms with Gasteiger partial charge in [0.1, 0.15) is 11.7 Å². The molecule has 8 heteroatoms. The fourth-order valence-corrected chi connectivity index (χ4v) is 3.12. The molecule has 2 aromatic rings. The maximum atomic E-state index is 12.6. The summed E-state index contributed by atoms with van der Waals surface area (Å²) in [4.78, 5) is 26.4. The smallest absolute Gasteiger partial charge is 0.338 e. The molecule has 2 amide bonds. The van der Waals surface area contributed by atoms with Crippen LogP contribution in [0.2, 0.25) is 0 Å².